The molecule has 96 valence electrons. The highest BCUT2D eigenvalue weighted by molar-refractivity contribution is 6.29. The molecule has 0 radical (unpaired) electrons. The van der Waals surface area contributed by atoms with Crippen LogP contribution in [0, 0.1) is 24.1 Å². The smallest absolute Gasteiger partial charge is 0.255 e. The quantitative estimate of drug-likeness (QED) is 0.791. The fraction of sp³-hybridized carbons (Fsp3) is 0.154. The molecule has 0 amide bonds. The van der Waals surface area contributed by atoms with Gasteiger partial charge in [0.05, 0.1) is 18.2 Å². The Hall–Kier alpha value is -2.19. The number of hydrogen-bond donors (Lipinski definition) is 0. The lowest BCUT2D eigenvalue weighted by atomic mass is 10.1. The van der Waals surface area contributed by atoms with Gasteiger partial charge in [-0.2, -0.15) is 5.26 Å². The summed E-state index contributed by atoms with van der Waals surface area (Å²) in [6.45, 7) is 1.70. The maximum atomic E-state index is 13.2. The predicted molar refractivity (Wildman–Crippen MR) is 68.5 cm³/mol. The molecule has 4 nitrogen and oxygen atoms in total. The minimum atomic E-state index is -0.457. The van der Waals surface area contributed by atoms with Gasteiger partial charge in [-0.1, -0.05) is 11.6 Å². The van der Waals surface area contributed by atoms with E-state index in [1.165, 1.54) is 28.8 Å². The van der Waals surface area contributed by atoms with E-state index in [2.05, 4.69) is 4.98 Å². The maximum absolute atomic E-state index is 13.2. The molecule has 0 N–H and O–H groups in total. The SMILES string of the molecule is Cc1nc(Cl)cc(=O)n1Cc1cc(F)ccc1C#N. The number of nitriles is 1. The van der Waals surface area contributed by atoms with Gasteiger partial charge in [0, 0.05) is 6.07 Å². The molecule has 1 heterocycles. The van der Waals surface area contributed by atoms with Gasteiger partial charge in [-0.15, -0.1) is 0 Å². The van der Waals surface area contributed by atoms with Crippen LogP contribution in [0.2, 0.25) is 5.15 Å². The van der Waals surface area contributed by atoms with E-state index in [4.69, 9.17) is 16.9 Å². The molecule has 1 aromatic carbocycles. The molecule has 0 bridgehead atoms. The van der Waals surface area contributed by atoms with E-state index in [0.717, 1.165) is 0 Å². The predicted octanol–water partition coefficient (Wildman–Crippen LogP) is 2.26. The first-order valence-corrected chi connectivity index (χ1v) is 5.81. The molecule has 0 spiro atoms. The van der Waals surface area contributed by atoms with Gasteiger partial charge in [-0.3, -0.25) is 9.36 Å². The highest BCUT2D eigenvalue weighted by Crippen LogP contribution is 2.12. The second-order valence-corrected chi connectivity index (χ2v) is 4.35. The lowest BCUT2D eigenvalue weighted by molar-refractivity contribution is 0.620. The van der Waals surface area contributed by atoms with E-state index in [9.17, 15) is 9.18 Å². The third-order valence-corrected chi connectivity index (χ3v) is 2.88. The fourth-order valence-corrected chi connectivity index (χ4v) is 1.97. The molecule has 0 fully saturated rings. The molecule has 2 rings (SSSR count). The first kappa shape index (κ1) is 13.2. The van der Waals surface area contributed by atoms with Gasteiger partial charge in [-0.25, -0.2) is 9.37 Å². The van der Waals surface area contributed by atoms with Crippen LogP contribution in [0.4, 0.5) is 4.39 Å². The van der Waals surface area contributed by atoms with Crippen molar-refractivity contribution in [3.8, 4) is 6.07 Å². The monoisotopic (exact) mass is 277 g/mol. The Labute approximate surface area is 113 Å². The van der Waals surface area contributed by atoms with Gasteiger partial charge in [0.25, 0.3) is 5.56 Å². The standard InChI is InChI=1S/C13H9ClFN3O/c1-8-17-12(14)5-13(19)18(8)7-10-4-11(15)3-2-9(10)6-16/h2-5H,7H2,1H3. The van der Waals surface area contributed by atoms with Crippen LogP contribution >= 0.6 is 11.6 Å². The van der Waals surface area contributed by atoms with Crippen molar-refractivity contribution in [1.29, 1.82) is 5.26 Å². The van der Waals surface area contributed by atoms with Crippen molar-refractivity contribution in [1.82, 2.24) is 9.55 Å². The fourth-order valence-electron chi connectivity index (χ4n) is 1.75. The number of aromatic nitrogens is 2. The summed E-state index contributed by atoms with van der Waals surface area (Å²) in [7, 11) is 0. The zero-order chi connectivity index (χ0) is 14.0. The van der Waals surface area contributed by atoms with E-state index < -0.39 is 5.82 Å². The summed E-state index contributed by atoms with van der Waals surface area (Å²) in [6, 6.07) is 6.97. The molecule has 0 saturated heterocycles. The maximum Gasteiger partial charge on any atom is 0.255 e. The van der Waals surface area contributed by atoms with E-state index in [-0.39, 0.29) is 17.3 Å². The summed E-state index contributed by atoms with van der Waals surface area (Å²) < 4.78 is 14.6. The number of nitrogens with zero attached hydrogens (tertiary/aromatic N) is 3. The van der Waals surface area contributed by atoms with Crippen LogP contribution in [0.3, 0.4) is 0 Å². The minimum absolute atomic E-state index is 0.0789. The van der Waals surface area contributed by atoms with Crippen LogP contribution < -0.4 is 5.56 Å². The van der Waals surface area contributed by atoms with Crippen LogP contribution in [0.15, 0.2) is 29.1 Å². The molecule has 19 heavy (non-hydrogen) atoms. The summed E-state index contributed by atoms with van der Waals surface area (Å²) >= 11 is 5.67. The van der Waals surface area contributed by atoms with Crippen molar-refractivity contribution >= 4 is 11.6 Å². The van der Waals surface area contributed by atoms with Crippen LogP contribution in [-0.4, -0.2) is 9.55 Å². The van der Waals surface area contributed by atoms with Gasteiger partial charge < -0.3 is 0 Å². The molecular weight excluding hydrogens is 269 g/mol. The van der Waals surface area contributed by atoms with Gasteiger partial charge in [-0.05, 0) is 30.7 Å². The van der Waals surface area contributed by atoms with Gasteiger partial charge in [0.15, 0.2) is 0 Å². The topological polar surface area (TPSA) is 58.7 Å². The Bertz CT molecular complexity index is 734. The Morgan fingerprint density at radius 2 is 2.21 bits per heavy atom. The highest BCUT2D eigenvalue weighted by atomic mass is 35.5. The molecule has 2 aromatic rings. The zero-order valence-corrected chi connectivity index (χ0v) is 10.8. The molecule has 1 aromatic heterocycles. The third kappa shape index (κ3) is 2.80. The number of benzene rings is 1. The summed E-state index contributed by atoms with van der Waals surface area (Å²) in [5, 5.41) is 9.08. The van der Waals surface area contributed by atoms with E-state index in [1.54, 1.807) is 6.92 Å². The Morgan fingerprint density at radius 1 is 1.47 bits per heavy atom. The van der Waals surface area contributed by atoms with Crippen molar-refractivity contribution in [3.63, 3.8) is 0 Å². The van der Waals surface area contributed by atoms with E-state index in [0.29, 0.717) is 17.0 Å². The van der Waals surface area contributed by atoms with Crippen LogP contribution in [0.25, 0.3) is 0 Å². The van der Waals surface area contributed by atoms with Crippen molar-refractivity contribution in [3.05, 3.63) is 62.5 Å². The Balaban J connectivity index is 2.51. The van der Waals surface area contributed by atoms with Crippen LogP contribution in [0.5, 0.6) is 0 Å². The molecular formula is C13H9ClFN3O. The molecule has 0 unspecified atom stereocenters. The average Bonchev–Trinajstić information content (AvgIpc) is 2.34. The van der Waals surface area contributed by atoms with Crippen molar-refractivity contribution in [2.45, 2.75) is 13.5 Å². The van der Waals surface area contributed by atoms with Gasteiger partial charge in [0.1, 0.15) is 16.8 Å². The number of hydrogen-bond acceptors (Lipinski definition) is 3. The van der Waals surface area contributed by atoms with Crippen LogP contribution in [0.1, 0.15) is 17.0 Å². The van der Waals surface area contributed by atoms with Crippen molar-refractivity contribution < 1.29 is 4.39 Å². The molecule has 0 saturated carbocycles. The second kappa shape index (κ2) is 5.21. The number of halogens is 2. The number of aryl methyl sites for hydroxylation is 1. The average molecular weight is 278 g/mol. The lowest BCUT2D eigenvalue weighted by Crippen LogP contribution is -2.23. The third-order valence-electron chi connectivity index (χ3n) is 2.68. The van der Waals surface area contributed by atoms with Crippen LogP contribution in [-0.2, 0) is 6.54 Å². The second-order valence-electron chi connectivity index (χ2n) is 3.96. The lowest BCUT2D eigenvalue weighted by Gasteiger charge is -2.10. The summed E-state index contributed by atoms with van der Waals surface area (Å²) in [6.07, 6.45) is 0. The molecule has 0 atom stereocenters. The van der Waals surface area contributed by atoms with Gasteiger partial charge in [0.2, 0.25) is 0 Å². The molecule has 6 heteroatoms. The normalized spacial score (nSPS) is 10.2. The molecule has 0 aliphatic carbocycles. The van der Waals surface area contributed by atoms with Gasteiger partial charge >= 0.3 is 0 Å². The van der Waals surface area contributed by atoms with E-state index in [1.807, 2.05) is 6.07 Å². The zero-order valence-electron chi connectivity index (χ0n) is 10.0. The van der Waals surface area contributed by atoms with E-state index >= 15 is 0 Å². The Morgan fingerprint density at radius 3 is 2.84 bits per heavy atom. The Kier molecular flexibility index (Phi) is 3.63. The van der Waals surface area contributed by atoms with Crippen molar-refractivity contribution in [2.24, 2.45) is 0 Å². The first-order chi connectivity index (χ1) is 9.01. The minimum Gasteiger partial charge on any atom is -0.292 e. The highest BCUT2D eigenvalue weighted by Gasteiger charge is 2.09. The summed E-state index contributed by atoms with van der Waals surface area (Å²) in [5.41, 5.74) is 0.408. The molecule has 0 aliphatic rings. The molecule has 0 aliphatic heterocycles. The number of rotatable bonds is 2. The first-order valence-electron chi connectivity index (χ1n) is 5.44. The largest absolute Gasteiger partial charge is 0.292 e. The summed E-state index contributed by atoms with van der Waals surface area (Å²) in [4.78, 5) is 15.8. The van der Waals surface area contributed by atoms with Crippen molar-refractivity contribution in [2.75, 3.05) is 0 Å². The summed E-state index contributed by atoms with van der Waals surface area (Å²) in [5.74, 6) is -0.0488.